The predicted octanol–water partition coefficient (Wildman–Crippen LogP) is 1.98. The smallest absolute Gasteiger partial charge is 0.194 e. The molecule has 3 rings (SSSR count). The van der Waals surface area contributed by atoms with Crippen molar-refractivity contribution in [2.75, 3.05) is 33.2 Å². The van der Waals surface area contributed by atoms with E-state index in [0.29, 0.717) is 0 Å². The molecular weight excluding hydrogens is 306 g/mol. The Morgan fingerprint density at radius 2 is 2.04 bits per heavy atom. The van der Waals surface area contributed by atoms with Crippen molar-refractivity contribution in [1.82, 2.24) is 19.7 Å². The lowest BCUT2D eigenvalue weighted by Gasteiger charge is -2.36. The zero-order valence-electron chi connectivity index (χ0n) is 13.9. The maximum absolute atomic E-state index is 4.45. The predicted molar refractivity (Wildman–Crippen MR) is 96.8 cm³/mol. The van der Waals surface area contributed by atoms with Crippen LogP contribution >= 0.6 is 11.3 Å². The quantitative estimate of drug-likeness (QED) is 0.687. The fourth-order valence-corrected chi connectivity index (χ4v) is 3.67. The molecule has 0 unspecified atom stereocenters. The number of aromatic nitrogens is 1. The van der Waals surface area contributed by atoms with E-state index in [1.165, 1.54) is 10.6 Å². The van der Waals surface area contributed by atoms with Crippen LogP contribution < -0.4 is 5.32 Å². The topological polar surface area (TPSA) is 35.8 Å². The van der Waals surface area contributed by atoms with Crippen molar-refractivity contribution in [3.63, 3.8) is 0 Å². The number of nitrogens with zero attached hydrogens (tertiary/aromatic N) is 4. The van der Waals surface area contributed by atoms with Crippen molar-refractivity contribution >= 4 is 17.3 Å². The van der Waals surface area contributed by atoms with E-state index in [0.717, 1.165) is 45.2 Å². The van der Waals surface area contributed by atoms with Gasteiger partial charge in [0, 0.05) is 63.6 Å². The Hall–Kier alpha value is -1.79. The number of hydrogen-bond donors (Lipinski definition) is 1. The third-order valence-corrected chi connectivity index (χ3v) is 5.18. The number of rotatable bonds is 4. The Balaban J connectivity index is 1.48. The van der Waals surface area contributed by atoms with Crippen molar-refractivity contribution < 1.29 is 0 Å². The molecule has 1 N–H and O–H groups in total. The van der Waals surface area contributed by atoms with Crippen LogP contribution in [0, 0.1) is 0 Å². The van der Waals surface area contributed by atoms with E-state index < -0.39 is 0 Å². The van der Waals surface area contributed by atoms with E-state index in [4.69, 9.17) is 0 Å². The van der Waals surface area contributed by atoms with Gasteiger partial charge in [-0.15, -0.1) is 11.3 Å². The highest BCUT2D eigenvalue weighted by atomic mass is 32.1. The molecule has 0 amide bonds. The Kier molecular flexibility index (Phi) is 5.35. The number of piperazine rings is 1. The zero-order valence-corrected chi connectivity index (χ0v) is 14.7. The fourth-order valence-electron chi connectivity index (χ4n) is 2.92. The second kappa shape index (κ2) is 7.66. The number of thiophene rings is 1. The normalized spacial score (nSPS) is 16.8. The molecule has 1 aliphatic heterocycles. The number of guanidine groups is 1. The zero-order chi connectivity index (χ0) is 16.1. The van der Waals surface area contributed by atoms with Crippen molar-refractivity contribution in [3.05, 3.63) is 46.4 Å². The van der Waals surface area contributed by atoms with Crippen molar-refractivity contribution in [2.24, 2.45) is 12.0 Å². The maximum Gasteiger partial charge on any atom is 0.194 e. The monoisotopic (exact) mass is 331 g/mol. The van der Waals surface area contributed by atoms with Gasteiger partial charge in [0.1, 0.15) is 0 Å². The highest BCUT2D eigenvalue weighted by Gasteiger charge is 2.19. The third kappa shape index (κ3) is 4.14. The Morgan fingerprint density at radius 3 is 2.65 bits per heavy atom. The summed E-state index contributed by atoms with van der Waals surface area (Å²) < 4.78 is 2.14. The molecule has 0 aromatic carbocycles. The van der Waals surface area contributed by atoms with Crippen LogP contribution in [0.4, 0.5) is 0 Å². The van der Waals surface area contributed by atoms with E-state index in [-0.39, 0.29) is 0 Å². The highest BCUT2D eigenvalue weighted by molar-refractivity contribution is 7.09. The molecule has 1 aliphatic rings. The summed E-state index contributed by atoms with van der Waals surface area (Å²) in [6, 6.07) is 8.56. The largest absolute Gasteiger partial charge is 0.353 e. The molecular formula is C17H25N5S. The summed E-state index contributed by atoms with van der Waals surface area (Å²) in [5.74, 6) is 1.00. The highest BCUT2D eigenvalue weighted by Crippen LogP contribution is 2.13. The summed E-state index contributed by atoms with van der Waals surface area (Å²) in [5, 5.41) is 5.64. The molecule has 6 heteroatoms. The molecule has 0 spiro atoms. The molecule has 0 radical (unpaired) electrons. The number of nitrogens with one attached hydrogen (secondary N) is 1. The van der Waals surface area contributed by atoms with Crippen molar-refractivity contribution in [3.8, 4) is 0 Å². The summed E-state index contributed by atoms with van der Waals surface area (Å²) in [5.41, 5.74) is 1.27. The van der Waals surface area contributed by atoms with E-state index in [1.54, 1.807) is 0 Å². The molecule has 2 aromatic heterocycles. The molecule has 0 atom stereocenters. The molecule has 3 heterocycles. The first-order valence-corrected chi connectivity index (χ1v) is 8.95. The second-order valence-corrected chi connectivity index (χ2v) is 6.89. The third-order valence-electron chi connectivity index (χ3n) is 4.32. The van der Waals surface area contributed by atoms with Gasteiger partial charge in [0.2, 0.25) is 0 Å². The number of aliphatic imine (C=N–C) groups is 1. The van der Waals surface area contributed by atoms with Gasteiger partial charge in [-0.2, -0.15) is 0 Å². The van der Waals surface area contributed by atoms with Crippen LogP contribution in [-0.2, 0) is 20.1 Å². The minimum Gasteiger partial charge on any atom is -0.353 e. The summed E-state index contributed by atoms with van der Waals surface area (Å²) >= 11 is 1.84. The van der Waals surface area contributed by atoms with Gasteiger partial charge < -0.3 is 14.8 Å². The average Bonchev–Trinajstić information content (AvgIpc) is 3.21. The van der Waals surface area contributed by atoms with Crippen LogP contribution in [0.3, 0.4) is 0 Å². The SMILES string of the molecule is CN=C(NCc1cccn1C)N1CCN(Cc2cccs2)CC1. The molecule has 1 saturated heterocycles. The first-order chi connectivity index (χ1) is 11.3. The summed E-state index contributed by atoms with van der Waals surface area (Å²) in [4.78, 5) is 10.8. The van der Waals surface area contributed by atoms with Gasteiger partial charge in [0.25, 0.3) is 0 Å². The summed E-state index contributed by atoms with van der Waals surface area (Å²) in [6.45, 7) is 6.11. The lowest BCUT2D eigenvalue weighted by molar-refractivity contribution is 0.173. The lowest BCUT2D eigenvalue weighted by atomic mass is 10.3. The van der Waals surface area contributed by atoms with Gasteiger partial charge in [0.15, 0.2) is 5.96 Å². The Bertz CT molecular complexity index is 623. The van der Waals surface area contributed by atoms with E-state index >= 15 is 0 Å². The Morgan fingerprint density at radius 1 is 1.22 bits per heavy atom. The molecule has 23 heavy (non-hydrogen) atoms. The van der Waals surface area contributed by atoms with E-state index in [9.17, 15) is 0 Å². The van der Waals surface area contributed by atoms with Gasteiger partial charge in [-0.1, -0.05) is 6.07 Å². The molecule has 2 aromatic rings. The minimum atomic E-state index is 0.811. The van der Waals surface area contributed by atoms with Crippen LogP contribution in [0.5, 0.6) is 0 Å². The van der Waals surface area contributed by atoms with Gasteiger partial charge in [-0.3, -0.25) is 9.89 Å². The first-order valence-electron chi connectivity index (χ1n) is 8.07. The van der Waals surface area contributed by atoms with Gasteiger partial charge in [-0.05, 0) is 23.6 Å². The summed E-state index contributed by atoms with van der Waals surface area (Å²) in [7, 11) is 3.94. The van der Waals surface area contributed by atoms with Crippen LogP contribution in [0.1, 0.15) is 10.6 Å². The second-order valence-electron chi connectivity index (χ2n) is 5.85. The minimum absolute atomic E-state index is 0.811. The lowest BCUT2D eigenvalue weighted by Crippen LogP contribution is -2.52. The molecule has 0 saturated carbocycles. The van der Waals surface area contributed by atoms with Crippen molar-refractivity contribution in [1.29, 1.82) is 0 Å². The van der Waals surface area contributed by atoms with Crippen LogP contribution in [0.15, 0.2) is 40.8 Å². The number of hydrogen-bond acceptors (Lipinski definition) is 3. The standard InChI is InChI=1S/C17H25N5S/c1-18-17(19-13-15-5-3-7-20(15)2)22-10-8-21(9-11-22)14-16-6-4-12-23-16/h3-7,12H,8-11,13-14H2,1-2H3,(H,18,19). The van der Waals surface area contributed by atoms with Gasteiger partial charge in [-0.25, -0.2) is 0 Å². The fraction of sp³-hybridized carbons (Fsp3) is 0.471. The first kappa shape index (κ1) is 16.1. The molecule has 5 nitrogen and oxygen atoms in total. The molecule has 1 fully saturated rings. The van der Waals surface area contributed by atoms with Crippen LogP contribution in [-0.4, -0.2) is 53.6 Å². The van der Waals surface area contributed by atoms with E-state index in [2.05, 4.69) is 67.6 Å². The van der Waals surface area contributed by atoms with Gasteiger partial charge in [0.05, 0.1) is 6.54 Å². The number of aryl methyl sites for hydroxylation is 1. The molecule has 0 bridgehead atoms. The van der Waals surface area contributed by atoms with Crippen LogP contribution in [0.25, 0.3) is 0 Å². The van der Waals surface area contributed by atoms with E-state index in [1.807, 2.05) is 18.4 Å². The average molecular weight is 331 g/mol. The Labute approximate surface area is 142 Å². The van der Waals surface area contributed by atoms with Crippen molar-refractivity contribution in [2.45, 2.75) is 13.1 Å². The summed E-state index contributed by atoms with van der Waals surface area (Å²) in [6.07, 6.45) is 2.07. The van der Waals surface area contributed by atoms with Crippen LogP contribution in [0.2, 0.25) is 0 Å². The molecule has 124 valence electrons. The van der Waals surface area contributed by atoms with Gasteiger partial charge >= 0.3 is 0 Å². The maximum atomic E-state index is 4.45. The molecule has 0 aliphatic carbocycles.